The lowest BCUT2D eigenvalue weighted by molar-refractivity contribution is 0.0992. The largest absolute Gasteiger partial charge is 0.495 e. The van der Waals surface area contributed by atoms with E-state index in [0.29, 0.717) is 6.04 Å². The Morgan fingerprint density at radius 2 is 1.42 bits per heavy atom. The van der Waals surface area contributed by atoms with Gasteiger partial charge in [0.25, 0.3) is 0 Å². The fourth-order valence-corrected chi connectivity index (χ4v) is 4.98. The van der Waals surface area contributed by atoms with Gasteiger partial charge >= 0.3 is 0 Å². The molecule has 6 heteroatoms. The molecular weight excluding hydrogens is 390 g/mol. The molecular formula is C25H35N3O3. The van der Waals surface area contributed by atoms with Gasteiger partial charge in [-0.05, 0) is 44.1 Å². The first-order valence-corrected chi connectivity index (χ1v) is 11.3. The smallest absolute Gasteiger partial charge is 0.165 e. The van der Waals surface area contributed by atoms with Gasteiger partial charge in [-0.25, -0.2) is 0 Å². The molecule has 2 aliphatic rings. The van der Waals surface area contributed by atoms with E-state index in [4.69, 9.17) is 14.2 Å². The number of hydrogen-bond acceptors (Lipinski definition) is 6. The predicted octanol–water partition coefficient (Wildman–Crippen LogP) is 3.50. The van der Waals surface area contributed by atoms with Crippen molar-refractivity contribution in [1.29, 1.82) is 0 Å². The second-order valence-electron chi connectivity index (χ2n) is 8.35. The molecule has 0 bridgehead atoms. The highest BCUT2D eigenvalue weighted by atomic mass is 16.5. The number of anilines is 1. The number of piperidine rings is 1. The third-order valence-corrected chi connectivity index (χ3v) is 6.69. The van der Waals surface area contributed by atoms with Crippen LogP contribution < -0.4 is 19.1 Å². The highest BCUT2D eigenvalue weighted by Gasteiger charge is 2.28. The minimum Gasteiger partial charge on any atom is -0.495 e. The van der Waals surface area contributed by atoms with Crippen LogP contribution in [0.15, 0.2) is 42.5 Å². The average Bonchev–Trinajstić information content (AvgIpc) is 2.84. The van der Waals surface area contributed by atoms with Gasteiger partial charge in [0.1, 0.15) is 5.75 Å². The van der Waals surface area contributed by atoms with E-state index in [2.05, 4.69) is 39.0 Å². The van der Waals surface area contributed by atoms with Gasteiger partial charge < -0.3 is 19.1 Å². The van der Waals surface area contributed by atoms with Gasteiger partial charge in [-0.2, -0.15) is 0 Å². The first kappa shape index (κ1) is 21.8. The lowest BCUT2D eigenvalue weighted by Gasteiger charge is -2.43. The van der Waals surface area contributed by atoms with Crippen molar-refractivity contribution >= 4 is 5.69 Å². The van der Waals surface area contributed by atoms with E-state index in [-0.39, 0.29) is 0 Å². The molecule has 2 aromatic rings. The fraction of sp³-hybridized carbons (Fsp3) is 0.520. The van der Waals surface area contributed by atoms with Gasteiger partial charge in [-0.1, -0.05) is 24.3 Å². The van der Waals surface area contributed by atoms with Crippen molar-refractivity contribution in [3.05, 3.63) is 48.0 Å². The fourth-order valence-electron chi connectivity index (χ4n) is 4.98. The van der Waals surface area contributed by atoms with E-state index >= 15 is 0 Å². The Labute approximate surface area is 186 Å². The lowest BCUT2D eigenvalue weighted by atomic mass is 10.0. The zero-order valence-corrected chi connectivity index (χ0v) is 19.0. The first-order chi connectivity index (χ1) is 15.2. The SMILES string of the molecule is COc1ccccc1N1CCN(C2CCN(Cc3cccc(OC)c3OC)CC2)CC1. The second kappa shape index (κ2) is 10.2. The van der Waals surface area contributed by atoms with Crippen molar-refractivity contribution in [3.63, 3.8) is 0 Å². The highest BCUT2D eigenvalue weighted by molar-refractivity contribution is 5.58. The van der Waals surface area contributed by atoms with E-state index in [1.54, 1.807) is 21.3 Å². The summed E-state index contributed by atoms with van der Waals surface area (Å²) in [5, 5.41) is 0. The number of nitrogens with zero attached hydrogens (tertiary/aromatic N) is 3. The number of hydrogen-bond donors (Lipinski definition) is 0. The second-order valence-corrected chi connectivity index (χ2v) is 8.35. The summed E-state index contributed by atoms with van der Waals surface area (Å²) in [5.74, 6) is 2.64. The summed E-state index contributed by atoms with van der Waals surface area (Å²) in [6, 6.07) is 15.2. The van der Waals surface area contributed by atoms with E-state index in [1.807, 2.05) is 18.2 Å². The summed E-state index contributed by atoms with van der Waals surface area (Å²) in [5.41, 5.74) is 2.41. The van der Waals surface area contributed by atoms with Gasteiger partial charge in [0.2, 0.25) is 0 Å². The van der Waals surface area contributed by atoms with Crippen LogP contribution in [0.2, 0.25) is 0 Å². The van der Waals surface area contributed by atoms with Crippen molar-refractivity contribution in [3.8, 4) is 17.2 Å². The van der Waals surface area contributed by atoms with Crippen molar-refractivity contribution < 1.29 is 14.2 Å². The summed E-state index contributed by atoms with van der Waals surface area (Å²) < 4.78 is 16.6. The number of rotatable bonds is 7. The van der Waals surface area contributed by atoms with Crippen molar-refractivity contribution in [2.45, 2.75) is 25.4 Å². The number of piperazine rings is 1. The molecule has 2 fully saturated rings. The van der Waals surface area contributed by atoms with Crippen LogP contribution in [-0.2, 0) is 6.54 Å². The molecule has 4 rings (SSSR count). The molecule has 168 valence electrons. The Morgan fingerprint density at radius 3 is 2.10 bits per heavy atom. The molecule has 0 aliphatic carbocycles. The van der Waals surface area contributed by atoms with Crippen LogP contribution >= 0.6 is 0 Å². The maximum absolute atomic E-state index is 5.61. The quantitative estimate of drug-likeness (QED) is 0.676. The van der Waals surface area contributed by atoms with Crippen molar-refractivity contribution in [2.75, 3.05) is 65.5 Å². The Balaban J connectivity index is 1.28. The Bertz CT molecular complexity index is 844. The zero-order valence-electron chi connectivity index (χ0n) is 19.0. The molecule has 0 N–H and O–H groups in total. The number of methoxy groups -OCH3 is 3. The molecule has 0 aromatic heterocycles. The Hall–Kier alpha value is -2.44. The molecule has 31 heavy (non-hydrogen) atoms. The van der Waals surface area contributed by atoms with Crippen LogP contribution in [0.25, 0.3) is 0 Å². The molecule has 2 aliphatic heterocycles. The molecule has 0 amide bonds. The van der Waals surface area contributed by atoms with Crippen LogP contribution in [0.1, 0.15) is 18.4 Å². The molecule has 2 aromatic carbocycles. The van der Waals surface area contributed by atoms with Gasteiger partial charge in [-0.15, -0.1) is 0 Å². The van der Waals surface area contributed by atoms with E-state index in [1.165, 1.54) is 24.1 Å². The summed E-state index contributed by atoms with van der Waals surface area (Å²) >= 11 is 0. The summed E-state index contributed by atoms with van der Waals surface area (Å²) in [7, 11) is 5.17. The standard InChI is InChI=1S/C25H35N3O3/c1-29-23-9-5-4-8-22(23)28-17-15-27(16-18-28)21-11-13-26(14-12-21)19-20-7-6-10-24(30-2)25(20)31-3/h4-10,21H,11-19H2,1-3H3. The topological polar surface area (TPSA) is 37.4 Å². The maximum Gasteiger partial charge on any atom is 0.165 e. The average molecular weight is 426 g/mol. The van der Waals surface area contributed by atoms with Crippen molar-refractivity contribution in [2.24, 2.45) is 0 Å². The maximum atomic E-state index is 5.61. The van der Waals surface area contributed by atoms with E-state index in [9.17, 15) is 0 Å². The van der Waals surface area contributed by atoms with Crippen LogP contribution in [0.5, 0.6) is 17.2 Å². The number of ether oxygens (including phenoxy) is 3. The molecule has 0 radical (unpaired) electrons. The molecule has 0 unspecified atom stereocenters. The van der Waals surface area contributed by atoms with Crippen LogP contribution in [0.3, 0.4) is 0 Å². The lowest BCUT2D eigenvalue weighted by Crippen LogP contribution is -2.53. The van der Waals surface area contributed by atoms with Gasteiger partial charge in [0.15, 0.2) is 11.5 Å². The summed E-state index contributed by atoms with van der Waals surface area (Å²) in [6.07, 6.45) is 2.45. The monoisotopic (exact) mass is 425 g/mol. The van der Waals surface area contributed by atoms with E-state index in [0.717, 1.165) is 63.1 Å². The molecule has 0 saturated carbocycles. The third kappa shape index (κ3) is 4.91. The highest BCUT2D eigenvalue weighted by Crippen LogP contribution is 2.33. The molecule has 0 atom stereocenters. The van der Waals surface area contributed by atoms with Gasteiger partial charge in [-0.3, -0.25) is 9.80 Å². The minimum atomic E-state index is 0.684. The first-order valence-electron chi connectivity index (χ1n) is 11.3. The molecule has 2 saturated heterocycles. The molecule has 0 spiro atoms. The van der Waals surface area contributed by atoms with Crippen LogP contribution in [0, 0.1) is 0 Å². The summed E-state index contributed by atoms with van der Waals surface area (Å²) in [4.78, 5) is 7.69. The Kier molecular flexibility index (Phi) is 7.20. The Morgan fingerprint density at radius 1 is 0.742 bits per heavy atom. The van der Waals surface area contributed by atoms with Gasteiger partial charge in [0.05, 0.1) is 27.0 Å². The predicted molar refractivity (Wildman–Crippen MR) is 125 cm³/mol. The number of para-hydroxylation sites is 3. The number of benzene rings is 2. The molecule has 6 nitrogen and oxygen atoms in total. The van der Waals surface area contributed by atoms with Crippen molar-refractivity contribution in [1.82, 2.24) is 9.80 Å². The third-order valence-electron chi connectivity index (χ3n) is 6.69. The zero-order chi connectivity index (χ0) is 21.6. The van der Waals surface area contributed by atoms with E-state index < -0.39 is 0 Å². The normalized spacial score (nSPS) is 18.7. The van der Waals surface area contributed by atoms with Gasteiger partial charge in [0, 0.05) is 44.3 Å². The van der Waals surface area contributed by atoms with Crippen LogP contribution in [0.4, 0.5) is 5.69 Å². The summed E-state index contributed by atoms with van der Waals surface area (Å²) in [6.45, 7) is 7.51. The molecule has 2 heterocycles. The van der Waals surface area contributed by atoms with Crippen LogP contribution in [-0.4, -0.2) is 76.4 Å². The number of likely N-dealkylation sites (tertiary alicyclic amines) is 1. The minimum absolute atomic E-state index is 0.684.